The van der Waals surface area contributed by atoms with Crippen LogP contribution < -0.4 is 10.2 Å². The Labute approximate surface area is 166 Å². The van der Waals surface area contributed by atoms with E-state index in [-0.39, 0.29) is 11.2 Å². The number of alkyl halides is 3. The highest BCUT2D eigenvalue weighted by Crippen LogP contribution is 2.29. The van der Waals surface area contributed by atoms with Crippen molar-refractivity contribution in [3.05, 3.63) is 75.7 Å². The van der Waals surface area contributed by atoms with Gasteiger partial charge in [-0.1, -0.05) is 36.4 Å². The highest BCUT2D eigenvalue weighted by atomic mass is 19.4. The van der Waals surface area contributed by atoms with Crippen LogP contribution in [0.1, 0.15) is 29.8 Å². The van der Waals surface area contributed by atoms with Crippen molar-refractivity contribution in [2.45, 2.75) is 39.0 Å². The molecule has 2 aromatic carbocycles. The molecule has 0 unspecified atom stereocenters. The van der Waals surface area contributed by atoms with Gasteiger partial charge in [-0.15, -0.1) is 13.2 Å². The number of nitrogens with one attached hydrogen (secondary N) is 1. The number of halogens is 3. The quantitative estimate of drug-likeness (QED) is 0.605. The minimum atomic E-state index is -4.71. The van der Waals surface area contributed by atoms with Crippen molar-refractivity contribution in [2.75, 3.05) is 0 Å². The Balaban J connectivity index is 1.63. The Morgan fingerprint density at radius 3 is 2.03 bits per heavy atom. The first-order valence-corrected chi connectivity index (χ1v) is 9.53. The van der Waals surface area contributed by atoms with Crippen molar-refractivity contribution >= 4 is 0 Å². The number of benzene rings is 2. The number of aromatic amines is 1. The molecule has 4 rings (SSSR count). The van der Waals surface area contributed by atoms with E-state index < -0.39 is 6.36 Å². The van der Waals surface area contributed by atoms with Crippen LogP contribution in [0.2, 0.25) is 0 Å². The largest absolute Gasteiger partial charge is 0.573 e. The number of aromatic nitrogens is 1. The summed E-state index contributed by atoms with van der Waals surface area (Å²) < 4.78 is 40.8. The molecule has 3 aromatic rings. The minimum absolute atomic E-state index is 0.0948. The second-order valence-corrected chi connectivity index (χ2v) is 7.27. The van der Waals surface area contributed by atoms with Crippen LogP contribution in [0.25, 0.3) is 22.3 Å². The van der Waals surface area contributed by atoms with Gasteiger partial charge in [0.2, 0.25) is 0 Å². The third kappa shape index (κ3) is 4.06. The zero-order chi connectivity index (χ0) is 20.6. The monoisotopic (exact) mass is 399 g/mol. The van der Waals surface area contributed by atoms with Crippen LogP contribution in [0.5, 0.6) is 5.75 Å². The molecule has 6 heteroatoms. The van der Waals surface area contributed by atoms with Crippen molar-refractivity contribution in [3.63, 3.8) is 0 Å². The van der Waals surface area contributed by atoms with E-state index in [0.29, 0.717) is 5.56 Å². The van der Waals surface area contributed by atoms with E-state index in [1.165, 1.54) is 12.1 Å². The van der Waals surface area contributed by atoms with E-state index in [0.717, 1.165) is 59.3 Å². The van der Waals surface area contributed by atoms with Gasteiger partial charge in [-0.3, -0.25) is 4.79 Å². The van der Waals surface area contributed by atoms with E-state index in [4.69, 9.17) is 0 Å². The fourth-order valence-electron chi connectivity index (χ4n) is 3.93. The van der Waals surface area contributed by atoms with Gasteiger partial charge in [-0.2, -0.15) is 0 Å². The summed E-state index contributed by atoms with van der Waals surface area (Å²) in [7, 11) is 0. The topological polar surface area (TPSA) is 42.1 Å². The Morgan fingerprint density at radius 2 is 1.41 bits per heavy atom. The van der Waals surface area contributed by atoms with Gasteiger partial charge in [-0.25, -0.2) is 0 Å². The summed E-state index contributed by atoms with van der Waals surface area (Å²) in [6.07, 6.45) is -0.848. The summed E-state index contributed by atoms with van der Waals surface area (Å²) in [4.78, 5) is 16.4. The molecule has 0 saturated carbocycles. The van der Waals surface area contributed by atoms with E-state index in [9.17, 15) is 18.0 Å². The normalized spacial score (nSPS) is 13.8. The number of hydrogen-bond donors (Lipinski definition) is 1. The van der Waals surface area contributed by atoms with Crippen LogP contribution in [0, 0.1) is 6.92 Å². The predicted molar refractivity (Wildman–Crippen MR) is 106 cm³/mol. The maximum atomic E-state index is 13.0. The Bertz CT molecular complexity index is 1080. The molecule has 1 aliphatic carbocycles. The first-order valence-electron chi connectivity index (χ1n) is 9.53. The summed E-state index contributed by atoms with van der Waals surface area (Å²) in [5, 5.41) is 0. The van der Waals surface area contributed by atoms with Crippen molar-refractivity contribution < 1.29 is 17.9 Å². The molecule has 150 valence electrons. The van der Waals surface area contributed by atoms with Gasteiger partial charge in [0.15, 0.2) is 5.43 Å². The number of fused-ring (bicyclic) bond motifs is 1. The van der Waals surface area contributed by atoms with Crippen molar-refractivity contribution in [1.29, 1.82) is 0 Å². The molecule has 1 heterocycles. The summed E-state index contributed by atoms with van der Waals surface area (Å²) >= 11 is 0. The third-order valence-corrected chi connectivity index (χ3v) is 5.28. The molecule has 1 N–H and O–H groups in total. The average Bonchev–Trinajstić information content (AvgIpc) is 2.68. The average molecular weight is 399 g/mol. The van der Waals surface area contributed by atoms with Crippen LogP contribution in [-0.2, 0) is 12.8 Å². The van der Waals surface area contributed by atoms with Crippen LogP contribution >= 0.6 is 0 Å². The molecule has 0 radical (unpaired) electrons. The fourth-order valence-corrected chi connectivity index (χ4v) is 3.93. The molecular weight excluding hydrogens is 379 g/mol. The third-order valence-electron chi connectivity index (χ3n) is 5.28. The molecule has 3 nitrogen and oxygen atoms in total. The molecule has 0 aliphatic heterocycles. The lowest BCUT2D eigenvalue weighted by Crippen LogP contribution is -2.21. The van der Waals surface area contributed by atoms with E-state index in [1.54, 1.807) is 12.1 Å². The molecule has 0 saturated heterocycles. The minimum Gasteiger partial charge on any atom is -0.406 e. The first kappa shape index (κ1) is 19.3. The SMILES string of the molecule is Cc1[nH]c2c(c(=O)c1-c1ccc(-c3ccc(OC(F)(F)F)cc3)cc1)CCCC2. The molecule has 1 aliphatic rings. The summed E-state index contributed by atoms with van der Waals surface area (Å²) in [5.41, 5.74) is 6.03. The molecule has 29 heavy (non-hydrogen) atoms. The van der Waals surface area contributed by atoms with Gasteiger partial charge < -0.3 is 9.72 Å². The number of hydrogen-bond acceptors (Lipinski definition) is 2. The lowest BCUT2D eigenvalue weighted by molar-refractivity contribution is -0.274. The van der Waals surface area contributed by atoms with Gasteiger partial charge in [0.25, 0.3) is 0 Å². The second-order valence-electron chi connectivity index (χ2n) is 7.27. The molecule has 0 atom stereocenters. The summed E-state index contributed by atoms with van der Waals surface area (Å²) in [5.74, 6) is -0.255. The summed E-state index contributed by atoms with van der Waals surface area (Å²) in [6, 6.07) is 13.2. The molecule has 0 spiro atoms. The highest BCUT2D eigenvalue weighted by molar-refractivity contribution is 5.72. The van der Waals surface area contributed by atoms with E-state index >= 15 is 0 Å². The Kier molecular flexibility index (Phi) is 4.94. The highest BCUT2D eigenvalue weighted by Gasteiger charge is 2.31. The first-order chi connectivity index (χ1) is 13.8. The second kappa shape index (κ2) is 7.43. The van der Waals surface area contributed by atoms with Crippen LogP contribution in [0.15, 0.2) is 53.3 Å². The zero-order valence-electron chi connectivity index (χ0n) is 15.9. The number of aryl methyl sites for hydroxylation is 2. The van der Waals surface area contributed by atoms with Crippen molar-refractivity contribution in [1.82, 2.24) is 4.98 Å². The molecule has 0 fully saturated rings. The van der Waals surface area contributed by atoms with Gasteiger partial charge >= 0.3 is 6.36 Å². The van der Waals surface area contributed by atoms with Gasteiger partial charge in [-0.05, 0) is 61.4 Å². The number of rotatable bonds is 3. The summed E-state index contributed by atoms with van der Waals surface area (Å²) in [6.45, 7) is 1.92. The lowest BCUT2D eigenvalue weighted by atomic mass is 9.91. The number of ether oxygens (including phenoxy) is 1. The standard InChI is InChI=1S/C23H20F3NO2/c1-14-21(22(28)19-4-2-3-5-20(19)27-14)17-8-6-15(7-9-17)16-10-12-18(13-11-16)29-23(24,25)26/h6-13H,2-5H2,1H3,(H,27,28). The van der Waals surface area contributed by atoms with Crippen LogP contribution in [0.3, 0.4) is 0 Å². The Hall–Kier alpha value is -3.02. The van der Waals surface area contributed by atoms with E-state index in [1.807, 2.05) is 31.2 Å². The van der Waals surface area contributed by atoms with Crippen LogP contribution in [0.4, 0.5) is 13.2 Å². The molecule has 1 aromatic heterocycles. The Morgan fingerprint density at radius 1 is 0.862 bits per heavy atom. The fraction of sp³-hybridized carbons (Fsp3) is 0.261. The maximum absolute atomic E-state index is 13.0. The molecule has 0 bridgehead atoms. The van der Waals surface area contributed by atoms with Gasteiger partial charge in [0.1, 0.15) is 5.75 Å². The van der Waals surface area contributed by atoms with Crippen LogP contribution in [-0.4, -0.2) is 11.3 Å². The molecular formula is C23H20F3NO2. The van der Waals surface area contributed by atoms with Gasteiger partial charge in [0, 0.05) is 22.5 Å². The van der Waals surface area contributed by atoms with Gasteiger partial charge in [0.05, 0.1) is 0 Å². The zero-order valence-corrected chi connectivity index (χ0v) is 15.9. The number of H-pyrrole nitrogens is 1. The number of pyridine rings is 1. The van der Waals surface area contributed by atoms with E-state index in [2.05, 4.69) is 9.72 Å². The van der Waals surface area contributed by atoms with Crippen molar-refractivity contribution in [2.24, 2.45) is 0 Å². The smallest absolute Gasteiger partial charge is 0.406 e. The molecule has 0 amide bonds. The lowest BCUT2D eigenvalue weighted by Gasteiger charge is -2.18. The maximum Gasteiger partial charge on any atom is 0.573 e. The predicted octanol–water partition coefficient (Wildman–Crippen LogP) is 5.79. The van der Waals surface area contributed by atoms with Crippen molar-refractivity contribution in [3.8, 4) is 28.0 Å².